The molecule has 1 aromatic carbocycles. The summed E-state index contributed by atoms with van der Waals surface area (Å²) in [7, 11) is 1.90. The smallest absolute Gasteiger partial charge is 0.0998 e. The lowest BCUT2D eigenvalue weighted by Gasteiger charge is -2.17. The van der Waals surface area contributed by atoms with E-state index in [-0.39, 0.29) is 6.04 Å². The average Bonchev–Trinajstić information content (AvgIpc) is 3.17. The molecule has 0 aliphatic carbocycles. The van der Waals surface area contributed by atoms with Crippen LogP contribution in [0.15, 0.2) is 49.3 Å². The Hall–Kier alpha value is -2.40. The van der Waals surface area contributed by atoms with E-state index in [0.717, 1.165) is 5.69 Å². The van der Waals surface area contributed by atoms with Gasteiger partial charge in [-0.3, -0.25) is 0 Å². The highest BCUT2D eigenvalue weighted by Gasteiger charge is 2.30. The molecule has 0 amide bonds. The lowest BCUT2D eigenvalue weighted by molar-refractivity contribution is 0.149. The van der Waals surface area contributed by atoms with Gasteiger partial charge in [-0.1, -0.05) is 24.3 Å². The molecule has 1 aliphatic rings. The molecule has 0 saturated carbocycles. The van der Waals surface area contributed by atoms with Gasteiger partial charge in [0.1, 0.15) is 0 Å². The zero-order chi connectivity index (χ0) is 14.4. The van der Waals surface area contributed by atoms with Gasteiger partial charge in [-0.25, -0.2) is 9.97 Å². The van der Waals surface area contributed by atoms with Gasteiger partial charge < -0.3 is 14.2 Å². The minimum atomic E-state index is -0.586. The van der Waals surface area contributed by atoms with Gasteiger partial charge in [0.05, 0.1) is 42.4 Å². The lowest BCUT2D eigenvalue weighted by Crippen LogP contribution is -2.10. The monoisotopic (exact) mass is 280 g/mol. The van der Waals surface area contributed by atoms with Crippen molar-refractivity contribution < 1.29 is 5.11 Å². The molecular weight excluding hydrogens is 264 g/mol. The van der Waals surface area contributed by atoms with Gasteiger partial charge in [0.2, 0.25) is 0 Å². The first kappa shape index (κ1) is 12.3. The van der Waals surface area contributed by atoms with Crippen molar-refractivity contribution in [2.45, 2.75) is 18.6 Å². The van der Waals surface area contributed by atoms with Crippen LogP contribution in [0.2, 0.25) is 0 Å². The van der Waals surface area contributed by atoms with Crippen molar-refractivity contribution in [3.63, 3.8) is 0 Å². The van der Waals surface area contributed by atoms with Crippen LogP contribution >= 0.6 is 0 Å². The van der Waals surface area contributed by atoms with Gasteiger partial charge >= 0.3 is 0 Å². The van der Waals surface area contributed by atoms with Crippen LogP contribution in [0.4, 0.5) is 0 Å². The molecule has 3 aromatic rings. The molecule has 5 heteroatoms. The van der Waals surface area contributed by atoms with Gasteiger partial charge in [-0.2, -0.15) is 0 Å². The van der Waals surface area contributed by atoms with Crippen LogP contribution in [-0.2, 0) is 7.05 Å². The van der Waals surface area contributed by atoms with Crippen LogP contribution < -0.4 is 0 Å². The first-order chi connectivity index (χ1) is 10.2. The Morgan fingerprint density at radius 3 is 2.95 bits per heavy atom. The number of rotatable bonds is 3. The van der Waals surface area contributed by atoms with E-state index in [1.807, 2.05) is 42.5 Å². The molecule has 0 bridgehead atoms. The second-order valence-electron chi connectivity index (χ2n) is 5.50. The SMILES string of the molecule is Cn1cnc(C(O)CC2c3ccccc3-c3cncn32)c1. The fraction of sp³-hybridized carbons (Fsp3) is 0.250. The maximum atomic E-state index is 10.5. The van der Waals surface area contributed by atoms with Crippen molar-refractivity contribution in [1.29, 1.82) is 0 Å². The van der Waals surface area contributed by atoms with Crippen molar-refractivity contribution in [1.82, 2.24) is 19.1 Å². The molecule has 5 nitrogen and oxygen atoms in total. The third kappa shape index (κ3) is 1.89. The normalized spacial score (nSPS) is 17.5. The fourth-order valence-electron chi connectivity index (χ4n) is 3.11. The maximum Gasteiger partial charge on any atom is 0.0998 e. The zero-order valence-electron chi connectivity index (χ0n) is 11.7. The molecule has 0 saturated heterocycles. The maximum absolute atomic E-state index is 10.5. The summed E-state index contributed by atoms with van der Waals surface area (Å²) >= 11 is 0. The molecule has 0 fully saturated rings. The lowest BCUT2D eigenvalue weighted by atomic mass is 9.98. The highest BCUT2D eigenvalue weighted by Crippen LogP contribution is 2.42. The minimum absolute atomic E-state index is 0.107. The number of hydrogen-bond donors (Lipinski definition) is 1. The molecular formula is C16H16N4O. The second-order valence-corrected chi connectivity index (χ2v) is 5.50. The summed E-state index contributed by atoms with van der Waals surface area (Å²) < 4.78 is 3.99. The summed E-state index contributed by atoms with van der Waals surface area (Å²) in [5, 5.41) is 10.5. The number of aryl methyl sites for hydroxylation is 1. The molecule has 0 radical (unpaired) electrons. The van der Waals surface area contributed by atoms with Crippen LogP contribution in [0.5, 0.6) is 0 Å². The molecule has 1 N–H and O–H groups in total. The van der Waals surface area contributed by atoms with Gasteiger partial charge in [-0.05, 0) is 5.56 Å². The molecule has 2 aromatic heterocycles. The van der Waals surface area contributed by atoms with Crippen LogP contribution in [0, 0.1) is 0 Å². The highest BCUT2D eigenvalue weighted by atomic mass is 16.3. The molecule has 4 rings (SSSR count). The number of aliphatic hydroxyl groups excluding tert-OH is 1. The molecule has 3 heterocycles. The van der Waals surface area contributed by atoms with Gasteiger partial charge in [0, 0.05) is 25.2 Å². The first-order valence-electron chi connectivity index (χ1n) is 7.01. The van der Waals surface area contributed by atoms with E-state index in [9.17, 15) is 5.11 Å². The summed E-state index contributed by atoms with van der Waals surface area (Å²) in [6.45, 7) is 0. The van der Waals surface area contributed by atoms with Crippen molar-refractivity contribution in [2.75, 3.05) is 0 Å². The van der Waals surface area contributed by atoms with E-state index < -0.39 is 6.10 Å². The largest absolute Gasteiger partial charge is 0.387 e. The number of aliphatic hydroxyl groups is 1. The number of hydrogen-bond acceptors (Lipinski definition) is 3. The predicted molar refractivity (Wildman–Crippen MR) is 78.6 cm³/mol. The van der Waals surface area contributed by atoms with Crippen molar-refractivity contribution >= 4 is 0 Å². The molecule has 2 atom stereocenters. The molecule has 21 heavy (non-hydrogen) atoms. The van der Waals surface area contributed by atoms with E-state index in [1.165, 1.54) is 11.1 Å². The summed E-state index contributed by atoms with van der Waals surface area (Å²) in [5.74, 6) is 0. The molecule has 106 valence electrons. The van der Waals surface area contributed by atoms with Crippen LogP contribution in [0.1, 0.15) is 29.8 Å². The summed E-state index contributed by atoms with van der Waals surface area (Å²) in [6.07, 6.45) is 7.30. The Morgan fingerprint density at radius 2 is 2.14 bits per heavy atom. The second kappa shape index (κ2) is 4.56. The van der Waals surface area contributed by atoms with Gasteiger partial charge in [-0.15, -0.1) is 0 Å². The van der Waals surface area contributed by atoms with Gasteiger partial charge in [0.15, 0.2) is 0 Å². The van der Waals surface area contributed by atoms with E-state index in [0.29, 0.717) is 12.1 Å². The Bertz CT molecular complexity index is 789. The van der Waals surface area contributed by atoms with Crippen molar-refractivity contribution in [3.05, 3.63) is 60.6 Å². The third-order valence-corrected chi connectivity index (χ3v) is 4.11. The van der Waals surface area contributed by atoms with E-state index in [4.69, 9.17) is 0 Å². The molecule has 0 spiro atoms. The van der Waals surface area contributed by atoms with Crippen molar-refractivity contribution in [2.24, 2.45) is 7.05 Å². The Kier molecular flexibility index (Phi) is 2.68. The van der Waals surface area contributed by atoms with E-state index in [1.54, 1.807) is 6.33 Å². The summed E-state index contributed by atoms with van der Waals surface area (Å²) in [6, 6.07) is 8.41. The zero-order valence-corrected chi connectivity index (χ0v) is 11.7. The standard InChI is InChI=1S/C16H16N4O/c1-19-8-13(18-10-19)16(21)6-14-11-4-2-3-5-12(11)15-7-17-9-20(14)15/h2-5,7-10,14,16,21H,6H2,1H3. The Balaban J connectivity index is 1.69. The third-order valence-electron chi connectivity index (χ3n) is 4.11. The number of aromatic nitrogens is 4. The number of nitrogens with zero attached hydrogens (tertiary/aromatic N) is 4. The minimum Gasteiger partial charge on any atom is -0.387 e. The van der Waals surface area contributed by atoms with Crippen LogP contribution in [0.3, 0.4) is 0 Å². The van der Waals surface area contributed by atoms with Crippen molar-refractivity contribution in [3.8, 4) is 11.3 Å². The van der Waals surface area contributed by atoms with E-state index in [2.05, 4.69) is 26.7 Å². The topological polar surface area (TPSA) is 55.9 Å². The van der Waals surface area contributed by atoms with Crippen LogP contribution in [-0.4, -0.2) is 24.2 Å². The van der Waals surface area contributed by atoms with Crippen LogP contribution in [0.25, 0.3) is 11.3 Å². The quantitative estimate of drug-likeness (QED) is 0.801. The first-order valence-corrected chi connectivity index (χ1v) is 7.01. The average molecular weight is 280 g/mol. The number of benzene rings is 1. The van der Waals surface area contributed by atoms with Gasteiger partial charge in [0.25, 0.3) is 0 Å². The Morgan fingerprint density at radius 1 is 1.29 bits per heavy atom. The summed E-state index contributed by atoms with van der Waals surface area (Å²) in [4.78, 5) is 8.48. The predicted octanol–water partition coefficient (Wildman–Crippen LogP) is 2.31. The molecule has 1 aliphatic heterocycles. The van der Waals surface area contributed by atoms with E-state index >= 15 is 0 Å². The summed E-state index contributed by atoms with van der Waals surface area (Å²) in [5.41, 5.74) is 4.27. The fourth-order valence-corrected chi connectivity index (χ4v) is 3.11. The molecule has 2 unspecified atom stereocenters. The number of fused-ring (bicyclic) bond motifs is 3. The Labute approximate surface area is 122 Å². The number of imidazole rings is 2. The highest BCUT2D eigenvalue weighted by molar-refractivity contribution is 5.68.